The van der Waals surface area contributed by atoms with Gasteiger partial charge in [-0.1, -0.05) is 19.9 Å². The second-order valence-corrected chi connectivity index (χ2v) is 5.69. The fourth-order valence-corrected chi connectivity index (χ4v) is 1.80. The highest BCUT2D eigenvalue weighted by molar-refractivity contribution is 9.10. The van der Waals surface area contributed by atoms with Crippen molar-refractivity contribution in [2.45, 2.75) is 26.3 Å². The first-order valence-corrected chi connectivity index (χ1v) is 6.57. The Morgan fingerprint density at radius 3 is 2.67 bits per heavy atom. The van der Waals surface area contributed by atoms with Crippen LogP contribution < -0.4 is 11.1 Å². The molecule has 0 aliphatic carbocycles. The number of hydrogen-bond acceptors (Lipinski definition) is 2. The molecule has 1 amide bonds. The summed E-state index contributed by atoms with van der Waals surface area (Å²) in [5.41, 5.74) is 5.15. The Bertz CT molecular complexity index is 451. The summed E-state index contributed by atoms with van der Waals surface area (Å²) in [6, 6.07) is 4.63. The number of halogens is 2. The van der Waals surface area contributed by atoms with E-state index in [1.54, 1.807) is 12.1 Å². The summed E-state index contributed by atoms with van der Waals surface area (Å²) in [6.45, 7) is 6.08. The van der Waals surface area contributed by atoms with Gasteiger partial charge < -0.3 is 11.1 Å². The first-order chi connectivity index (χ1) is 8.31. The monoisotopic (exact) mass is 316 g/mol. The van der Waals surface area contributed by atoms with Gasteiger partial charge in [0.25, 0.3) is 5.91 Å². The number of hydrogen-bond donors (Lipinski definition) is 2. The van der Waals surface area contributed by atoms with Crippen LogP contribution in [0.4, 0.5) is 4.39 Å². The van der Waals surface area contributed by atoms with Crippen molar-refractivity contribution < 1.29 is 9.18 Å². The molecule has 0 heterocycles. The largest absolute Gasteiger partial charge is 0.345 e. The molecule has 5 heteroatoms. The maximum absolute atomic E-state index is 13.8. The van der Waals surface area contributed by atoms with E-state index < -0.39 is 17.3 Å². The van der Waals surface area contributed by atoms with Crippen molar-refractivity contribution in [3.8, 4) is 0 Å². The second-order valence-electron chi connectivity index (χ2n) is 4.83. The molecule has 100 valence electrons. The number of amides is 1. The maximum atomic E-state index is 13.8. The summed E-state index contributed by atoms with van der Waals surface area (Å²) < 4.78 is 14.1. The van der Waals surface area contributed by atoms with Crippen LogP contribution in [-0.2, 0) is 0 Å². The molecule has 0 spiro atoms. The van der Waals surface area contributed by atoms with Gasteiger partial charge >= 0.3 is 0 Å². The molecule has 0 radical (unpaired) electrons. The summed E-state index contributed by atoms with van der Waals surface area (Å²) in [5, 5.41) is 2.80. The van der Waals surface area contributed by atoms with Gasteiger partial charge in [-0.25, -0.2) is 4.39 Å². The molecule has 0 aromatic heterocycles. The Morgan fingerprint density at radius 1 is 1.56 bits per heavy atom. The first kappa shape index (κ1) is 15.1. The first-order valence-electron chi connectivity index (χ1n) is 5.78. The molecule has 1 aromatic rings. The molecule has 0 aliphatic rings. The van der Waals surface area contributed by atoms with Crippen molar-refractivity contribution in [3.05, 3.63) is 34.1 Å². The second kappa shape index (κ2) is 5.80. The average Bonchev–Trinajstić information content (AvgIpc) is 2.32. The highest BCUT2D eigenvalue weighted by Gasteiger charge is 2.29. The number of carbonyl (C=O) groups excluding carboxylic acids is 1. The van der Waals surface area contributed by atoms with Gasteiger partial charge in [-0.05, 0) is 40.9 Å². The SMILES string of the molecule is CC(C)C(C)(CN)NC(=O)c1cccc(Br)c1F. The van der Waals surface area contributed by atoms with Gasteiger partial charge in [-0.3, -0.25) is 4.79 Å². The molecule has 1 unspecified atom stereocenters. The Labute approximate surface area is 115 Å². The van der Waals surface area contributed by atoms with Crippen LogP contribution in [0.15, 0.2) is 22.7 Å². The number of nitrogens with two attached hydrogens (primary N) is 1. The molecule has 1 aromatic carbocycles. The van der Waals surface area contributed by atoms with E-state index in [9.17, 15) is 9.18 Å². The topological polar surface area (TPSA) is 55.1 Å². The molecule has 0 aliphatic heterocycles. The Morgan fingerprint density at radius 2 is 2.17 bits per heavy atom. The van der Waals surface area contributed by atoms with E-state index in [0.29, 0.717) is 6.54 Å². The van der Waals surface area contributed by atoms with Gasteiger partial charge in [-0.15, -0.1) is 0 Å². The van der Waals surface area contributed by atoms with Gasteiger partial charge in [0.2, 0.25) is 0 Å². The van der Waals surface area contributed by atoms with Crippen LogP contribution in [0.1, 0.15) is 31.1 Å². The van der Waals surface area contributed by atoms with Crippen molar-refractivity contribution in [2.75, 3.05) is 6.54 Å². The Hall–Kier alpha value is -0.940. The van der Waals surface area contributed by atoms with Crippen molar-refractivity contribution in [1.82, 2.24) is 5.32 Å². The van der Waals surface area contributed by atoms with Crippen LogP contribution in [0.2, 0.25) is 0 Å². The minimum atomic E-state index is -0.557. The zero-order valence-electron chi connectivity index (χ0n) is 10.8. The third-order valence-electron chi connectivity index (χ3n) is 3.29. The molecule has 0 fully saturated rings. The summed E-state index contributed by atoms with van der Waals surface area (Å²) in [7, 11) is 0. The van der Waals surface area contributed by atoms with E-state index in [0.717, 1.165) is 0 Å². The molecular weight excluding hydrogens is 299 g/mol. The van der Waals surface area contributed by atoms with E-state index in [-0.39, 0.29) is 16.0 Å². The van der Waals surface area contributed by atoms with Crippen molar-refractivity contribution in [3.63, 3.8) is 0 Å². The van der Waals surface area contributed by atoms with Crippen molar-refractivity contribution in [2.24, 2.45) is 11.7 Å². The number of carbonyl (C=O) groups is 1. The Kier molecular flexibility index (Phi) is 4.87. The molecule has 0 saturated carbocycles. The van der Waals surface area contributed by atoms with Crippen LogP contribution in [0.25, 0.3) is 0 Å². The lowest BCUT2D eigenvalue weighted by molar-refractivity contribution is 0.0879. The standard InChI is InChI=1S/C13H18BrFN2O/c1-8(2)13(3,7-16)17-12(18)9-5-4-6-10(14)11(9)15/h4-6,8H,7,16H2,1-3H3,(H,17,18). The van der Waals surface area contributed by atoms with Crippen LogP contribution in [0.3, 0.4) is 0 Å². The average molecular weight is 317 g/mol. The minimum absolute atomic E-state index is 0.0182. The summed E-state index contributed by atoms with van der Waals surface area (Å²) in [5.74, 6) is -0.852. The number of rotatable bonds is 4. The minimum Gasteiger partial charge on any atom is -0.345 e. The summed E-state index contributed by atoms with van der Waals surface area (Å²) in [6.07, 6.45) is 0. The number of nitrogens with one attached hydrogen (secondary N) is 1. The highest BCUT2D eigenvalue weighted by Crippen LogP contribution is 2.20. The molecule has 3 N–H and O–H groups in total. The van der Waals surface area contributed by atoms with E-state index >= 15 is 0 Å². The molecule has 0 bridgehead atoms. The smallest absolute Gasteiger partial charge is 0.254 e. The van der Waals surface area contributed by atoms with Crippen molar-refractivity contribution in [1.29, 1.82) is 0 Å². The third-order valence-corrected chi connectivity index (χ3v) is 3.91. The number of benzene rings is 1. The van der Waals surface area contributed by atoms with E-state index in [4.69, 9.17) is 5.73 Å². The third kappa shape index (κ3) is 3.09. The lowest BCUT2D eigenvalue weighted by atomic mass is 9.88. The van der Waals surface area contributed by atoms with E-state index in [2.05, 4.69) is 21.2 Å². The predicted molar refractivity (Wildman–Crippen MR) is 73.9 cm³/mol. The molecule has 0 saturated heterocycles. The molecule has 3 nitrogen and oxygen atoms in total. The normalized spacial score (nSPS) is 14.4. The van der Waals surface area contributed by atoms with Crippen LogP contribution in [0, 0.1) is 11.7 Å². The quantitative estimate of drug-likeness (QED) is 0.897. The molecule has 1 rings (SSSR count). The predicted octanol–water partition coefficient (Wildman–Crippen LogP) is 2.69. The van der Waals surface area contributed by atoms with Crippen LogP contribution in [0.5, 0.6) is 0 Å². The summed E-state index contributed by atoms with van der Waals surface area (Å²) in [4.78, 5) is 12.1. The zero-order chi connectivity index (χ0) is 13.9. The molecular formula is C13H18BrFN2O. The van der Waals surface area contributed by atoms with Gasteiger partial charge in [0, 0.05) is 6.54 Å². The lowest BCUT2D eigenvalue weighted by Crippen LogP contribution is -2.55. The molecule has 18 heavy (non-hydrogen) atoms. The fourth-order valence-electron chi connectivity index (χ4n) is 1.44. The van der Waals surface area contributed by atoms with E-state index in [1.165, 1.54) is 6.07 Å². The molecule has 1 atom stereocenters. The zero-order valence-corrected chi connectivity index (χ0v) is 12.3. The van der Waals surface area contributed by atoms with Crippen molar-refractivity contribution >= 4 is 21.8 Å². The van der Waals surface area contributed by atoms with Gasteiger partial charge in [-0.2, -0.15) is 0 Å². The van der Waals surface area contributed by atoms with E-state index in [1.807, 2.05) is 20.8 Å². The van der Waals surface area contributed by atoms with Gasteiger partial charge in [0.05, 0.1) is 15.6 Å². The van der Waals surface area contributed by atoms with Crippen LogP contribution >= 0.6 is 15.9 Å². The van der Waals surface area contributed by atoms with Gasteiger partial charge in [0.15, 0.2) is 0 Å². The lowest BCUT2D eigenvalue weighted by Gasteiger charge is -2.33. The maximum Gasteiger partial charge on any atom is 0.254 e. The van der Waals surface area contributed by atoms with Crippen LogP contribution in [-0.4, -0.2) is 18.0 Å². The summed E-state index contributed by atoms with van der Waals surface area (Å²) >= 11 is 3.06. The highest BCUT2D eigenvalue weighted by atomic mass is 79.9. The fraction of sp³-hybridized carbons (Fsp3) is 0.462. The van der Waals surface area contributed by atoms with Gasteiger partial charge in [0.1, 0.15) is 5.82 Å². The Balaban J connectivity index is 2.99.